The fourth-order valence-corrected chi connectivity index (χ4v) is 1.95. The zero-order valence-electron chi connectivity index (χ0n) is 8.05. The van der Waals surface area contributed by atoms with Gasteiger partial charge in [0.15, 0.2) is 0 Å². The van der Waals surface area contributed by atoms with E-state index in [0.29, 0.717) is 0 Å². The second kappa shape index (κ2) is 4.29. The van der Waals surface area contributed by atoms with E-state index >= 15 is 0 Å². The van der Waals surface area contributed by atoms with Crippen LogP contribution in [0.4, 0.5) is 0 Å². The smallest absolute Gasteiger partial charge is 0.306 e. The van der Waals surface area contributed by atoms with Crippen LogP contribution in [0.25, 0.3) is 0 Å². The van der Waals surface area contributed by atoms with Crippen molar-refractivity contribution in [2.24, 2.45) is 23.5 Å². The molecule has 0 radical (unpaired) electrons. The quantitative estimate of drug-likeness (QED) is 0.596. The van der Waals surface area contributed by atoms with Gasteiger partial charge in [-0.2, -0.15) is 0 Å². The summed E-state index contributed by atoms with van der Waals surface area (Å²) in [4.78, 5) is 32.4. The number of aliphatic carboxylic acids is 2. The number of nitrogens with two attached hydrogens (primary N) is 1. The van der Waals surface area contributed by atoms with E-state index in [4.69, 9.17) is 15.9 Å². The zero-order chi connectivity index (χ0) is 11.6. The molecule has 0 aromatic rings. The van der Waals surface area contributed by atoms with Crippen LogP contribution in [0, 0.1) is 17.8 Å². The van der Waals surface area contributed by atoms with Crippen LogP contribution in [0.3, 0.4) is 0 Å². The van der Waals surface area contributed by atoms with Crippen molar-refractivity contribution in [3.05, 3.63) is 0 Å². The molecule has 0 aliphatic heterocycles. The van der Waals surface area contributed by atoms with Gasteiger partial charge in [0.25, 0.3) is 0 Å². The summed E-state index contributed by atoms with van der Waals surface area (Å²) in [6, 6.07) is 0. The SMILES string of the molecule is NC(=O)C1CC(C(=O)O)CC(C(=O)O)C1. The van der Waals surface area contributed by atoms with Gasteiger partial charge in [0.2, 0.25) is 5.91 Å². The van der Waals surface area contributed by atoms with E-state index in [-0.39, 0.29) is 19.3 Å². The van der Waals surface area contributed by atoms with E-state index in [1.165, 1.54) is 0 Å². The maximum absolute atomic E-state index is 10.9. The first-order valence-electron chi connectivity index (χ1n) is 4.66. The van der Waals surface area contributed by atoms with E-state index < -0.39 is 35.6 Å². The molecule has 1 aliphatic rings. The number of carbonyl (C=O) groups is 3. The molecule has 0 aromatic carbocycles. The topological polar surface area (TPSA) is 118 Å². The Kier molecular flexibility index (Phi) is 3.28. The van der Waals surface area contributed by atoms with Gasteiger partial charge in [0.1, 0.15) is 0 Å². The molecule has 84 valence electrons. The molecule has 0 spiro atoms. The number of hydrogen-bond donors (Lipinski definition) is 3. The van der Waals surface area contributed by atoms with Crippen molar-refractivity contribution >= 4 is 17.8 Å². The summed E-state index contributed by atoms with van der Waals surface area (Å²) in [6.07, 6.45) is 0.372. The highest BCUT2D eigenvalue weighted by Crippen LogP contribution is 2.33. The van der Waals surface area contributed by atoms with E-state index in [2.05, 4.69) is 0 Å². The Hall–Kier alpha value is -1.59. The van der Waals surface area contributed by atoms with Crippen LogP contribution in [0.15, 0.2) is 0 Å². The fourth-order valence-electron chi connectivity index (χ4n) is 1.95. The third-order valence-corrected chi connectivity index (χ3v) is 2.81. The molecule has 0 bridgehead atoms. The van der Waals surface area contributed by atoms with Crippen LogP contribution in [-0.2, 0) is 14.4 Å². The van der Waals surface area contributed by atoms with Gasteiger partial charge < -0.3 is 15.9 Å². The van der Waals surface area contributed by atoms with Crippen LogP contribution in [0.1, 0.15) is 19.3 Å². The van der Waals surface area contributed by atoms with Crippen molar-refractivity contribution in [1.29, 1.82) is 0 Å². The van der Waals surface area contributed by atoms with E-state index in [9.17, 15) is 14.4 Å². The first-order chi connectivity index (χ1) is 6.91. The minimum Gasteiger partial charge on any atom is -0.481 e. The molecule has 0 aromatic heterocycles. The zero-order valence-corrected chi connectivity index (χ0v) is 8.05. The largest absolute Gasteiger partial charge is 0.481 e. The van der Waals surface area contributed by atoms with Crippen molar-refractivity contribution in [3.8, 4) is 0 Å². The Bertz CT molecular complexity index is 247. The lowest BCUT2D eigenvalue weighted by Gasteiger charge is -2.28. The van der Waals surface area contributed by atoms with Crippen LogP contribution in [0.5, 0.6) is 0 Å². The minimum atomic E-state index is -1.06. The lowest BCUT2D eigenvalue weighted by Crippen LogP contribution is -2.37. The summed E-state index contributed by atoms with van der Waals surface area (Å²) in [5.74, 6) is -4.94. The van der Waals surface area contributed by atoms with Crippen LogP contribution >= 0.6 is 0 Å². The number of rotatable bonds is 3. The second-order valence-corrected chi connectivity index (χ2v) is 3.88. The van der Waals surface area contributed by atoms with E-state index in [1.807, 2.05) is 0 Å². The average Bonchev–Trinajstić information content (AvgIpc) is 2.16. The summed E-state index contributed by atoms with van der Waals surface area (Å²) in [6.45, 7) is 0. The van der Waals surface area contributed by atoms with Crippen LogP contribution in [0.2, 0.25) is 0 Å². The van der Waals surface area contributed by atoms with Gasteiger partial charge in [0.05, 0.1) is 11.8 Å². The average molecular weight is 215 g/mol. The molecular formula is C9H13NO5. The summed E-state index contributed by atoms with van der Waals surface area (Å²) < 4.78 is 0. The molecule has 6 nitrogen and oxygen atoms in total. The van der Waals surface area contributed by atoms with E-state index in [1.54, 1.807) is 0 Å². The van der Waals surface area contributed by atoms with Crippen molar-refractivity contribution in [1.82, 2.24) is 0 Å². The highest BCUT2D eigenvalue weighted by Gasteiger charge is 2.38. The lowest BCUT2D eigenvalue weighted by atomic mass is 9.75. The summed E-state index contributed by atoms with van der Waals surface area (Å²) in [5.41, 5.74) is 5.07. The first-order valence-corrected chi connectivity index (χ1v) is 4.66. The summed E-state index contributed by atoms with van der Waals surface area (Å²) in [7, 11) is 0. The maximum atomic E-state index is 10.9. The molecule has 2 unspecified atom stereocenters. The fraction of sp³-hybridized carbons (Fsp3) is 0.667. The molecule has 1 rings (SSSR count). The van der Waals surface area contributed by atoms with Crippen molar-refractivity contribution in [2.75, 3.05) is 0 Å². The second-order valence-electron chi connectivity index (χ2n) is 3.88. The molecule has 6 heteroatoms. The molecule has 1 fully saturated rings. The molecule has 0 saturated heterocycles. The molecule has 15 heavy (non-hydrogen) atoms. The first kappa shape index (κ1) is 11.5. The Morgan fingerprint density at radius 2 is 1.20 bits per heavy atom. The van der Waals surface area contributed by atoms with Crippen molar-refractivity contribution < 1.29 is 24.6 Å². The maximum Gasteiger partial charge on any atom is 0.306 e. The summed E-state index contributed by atoms with van der Waals surface area (Å²) >= 11 is 0. The molecule has 4 N–H and O–H groups in total. The normalized spacial score (nSPS) is 30.8. The predicted molar refractivity (Wildman–Crippen MR) is 48.8 cm³/mol. The van der Waals surface area contributed by atoms with Gasteiger partial charge in [-0.05, 0) is 19.3 Å². The van der Waals surface area contributed by atoms with Gasteiger partial charge in [-0.15, -0.1) is 0 Å². The molecule has 2 atom stereocenters. The highest BCUT2D eigenvalue weighted by atomic mass is 16.4. The molecule has 0 heterocycles. The van der Waals surface area contributed by atoms with Gasteiger partial charge in [0, 0.05) is 5.92 Å². The Morgan fingerprint density at radius 3 is 1.47 bits per heavy atom. The number of primary amides is 1. The number of hydrogen-bond acceptors (Lipinski definition) is 3. The molecule has 1 amide bonds. The minimum absolute atomic E-state index is 0.0778. The Balaban J connectivity index is 2.77. The monoisotopic (exact) mass is 215 g/mol. The molecular weight excluding hydrogens is 202 g/mol. The number of amides is 1. The van der Waals surface area contributed by atoms with Gasteiger partial charge in [-0.1, -0.05) is 0 Å². The third-order valence-electron chi connectivity index (χ3n) is 2.81. The van der Waals surface area contributed by atoms with Gasteiger partial charge >= 0.3 is 11.9 Å². The lowest BCUT2D eigenvalue weighted by molar-refractivity contribution is -0.149. The summed E-state index contributed by atoms with van der Waals surface area (Å²) in [5, 5.41) is 17.6. The van der Waals surface area contributed by atoms with Gasteiger partial charge in [-0.25, -0.2) is 0 Å². The standard InChI is InChI=1S/C9H13NO5/c10-7(11)4-1-5(8(12)13)3-6(2-4)9(14)15/h4-6H,1-3H2,(H2,10,11)(H,12,13)(H,14,15). The van der Waals surface area contributed by atoms with E-state index in [0.717, 1.165) is 0 Å². The molecule has 1 saturated carbocycles. The van der Waals surface area contributed by atoms with Gasteiger partial charge in [-0.3, -0.25) is 14.4 Å². The number of carboxylic acid groups (broad SMARTS) is 2. The number of carbonyl (C=O) groups excluding carboxylic acids is 1. The number of carboxylic acids is 2. The Morgan fingerprint density at radius 1 is 0.867 bits per heavy atom. The van der Waals surface area contributed by atoms with Crippen LogP contribution < -0.4 is 5.73 Å². The van der Waals surface area contributed by atoms with Crippen molar-refractivity contribution in [2.45, 2.75) is 19.3 Å². The Labute approximate surface area is 86.1 Å². The molecule has 1 aliphatic carbocycles. The van der Waals surface area contributed by atoms with Crippen LogP contribution in [-0.4, -0.2) is 28.1 Å². The van der Waals surface area contributed by atoms with Crippen molar-refractivity contribution in [3.63, 3.8) is 0 Å². The highest BCUT2D eigenvalue weighted by molar-refractivity contribution is 5.80. The third kappa shape index (κ3) is 2.68. The predicted octanol–water partition coefficient (Wildman–Crippen LogP) is -0.327.